The second kappa shape index (κ2) is 6.29. The molecule has 1 spiro atoms. The first-order chi connectivity index (χ1) is 15.0. The molecule has 0 fully saturated rings. The monoisotopic (exact) mass is 451 g/mol. The zero-order chi connectivity index (χ0) is 21.3. The minimum absolute atomic E-state index is 0.0259. The molecule has 0 saturated heterocycles. The highest BCUT2D eigenvalue weighted by Gasteiger charge is 2.54. The van der Waals surface area contributed by atoms with Crippen LogP contribution in [0.1, 0.15) is 17.5 Å². The Balaban J connectivity index is 1.56. The van der Waals surface area contributed by atoms with Crippen LogP contribution in [0.5, 0.6) is 5.75 Å². The molecule has 2 amide bonds. The highest BCUT2D eigenvalue weighted by Crippen LogP contribution is 2.50. The number of amides is 2. The number of thiazole rings is 1. The summed E-state index contributed by atoms with van der Waals surface area (Å²) in [5, 5.41) is 11.3. The standard InChI is InChI=1S/C21H14ClN5O3S/c1-30-11-3-5-15-16(7-11)31-20(25-15)27-18-13(9-23-27)21(8-17(28)26-18)12-6-10(22)2-4-14(12)24-19(21)29/h2-7,9H,8H2,1H3,(H,24,29)(H,26,28)/t21-/m0/s1. The number of ether oxygens (including phenoxy) is 1. The van der Waals surface area contributed by atoms with E-state index in [-0.39, 0.29) is 18.2 Å². The van der Waals surface area contributed by atoms with Crippen molar-refractivity contribution >= 4 is 56.5 Å². The number of methoxy groups -OCH3 is 1. The average molecular weight is 452 g/mol. The van der Waals surface area contributed by atoms with Crippen molar-refractivity contribution < 1.29 is 14.3 Å². The van der Waals surface area contributed by atoms with Crippen molar-refractivity contribution in [1.82, 2.24) is 14.8 Å². The second-order valence-corrected chi connectivity index (χ2v) is 8.87. The second-order valence-electron chi connectivity index (χ2n) is 7.42. The third kappa shape index (κ3) is 2.47. The number of fused-ring (bicyclic) bond motifs is 5. The topological polar surface area (TPSA) is 98.1 Å². The fraction of sp³-hybridized carbons (Fsp3) is 0.143. The summed E-state index contributed by atoms with van der Waals surface area (Å²) in [5.41, 5.74) is 1.54. The van der Waals surface area contributed by atoms with Crippen LogP contribution in [-0.2, 0) is 15.0 Å². The van der Waals surface area contributed by atoms with E-state index in [1.807, 2.05) is 18.2 Å². The third-order valence-corrected chi connectivity index (χ3v) is 6.98. The predicted octanol–water partition coefficient (Wildman–Crippen LogP) is 3.72. The number of nitrogens with one attached hydrogen (secondary N) is 2. The summed E-state index contributed by atoms with van der Waals surface area (Å²) in [6, 6.07) is 10.8. The number of benzene rings is 2. The van der Waals surface area contributed by atoms with Crippen molar-refractivity contribution in [3.63, 3.8) is 0 Å². The van der Waals surface area contributed by atoms with Gasteiger partial charge in [0.2, 0.25) is 16.9 Å². The zero-order valence-corrected chi connectivity index (χ0v) is 17.7. The Hall–Kier alpha value is -3.43. The molecule has 0 radical (unpaired) electrons. The Morgan fingerprint density at radius 1 is 1.16 bits per heavy atom. The van der Waals surface area contributed by atoms with E-state index in [0.717, 1.165) is 16.0 Å². The molecule has 0 saturated carbocycles. The maximum absolute atomic E-state index is 13.2. The first-order valence-corrected chi connectivity index (χ1v) is 10.6. The van der Waals surface area contributed by atoms with Crippen LogP contribution in [0.4, 0.5) is 11.5 Å². The first kappa shape index (κ1) is 18.3. The SMILES string of the molecule is COc1ccc2nc(-n3ncc4c3NC(=O)C[C@@]43C(=O)Nc4ccc(Cl)cc43)sc2c1. The van der Waals surface area contributed by atoms with Gasteiger partial charge in [-0.15, -0.1) is 0 Å². The minimum Gasteiger partial charge on any atom is -0.497 e. The van der Waals surface area contributed by atoms with Crippen molar-refractivity contribution in [1.29, 1.82) is 0 Å². The molecule has 2 aliphatic rings. The summed E-state index contributed by atoms with van der Waals surface area (Å²) in [6.45, 7) is 0. The number of anilines is 2. The molecule has 4 aromatic rings. The molecule has 8 nitrogen and oxygen atoms in total. The van der Waals surface area contributed by atoms with Crippen molar-refractivity contribution in [2.24, 2.45) is 0 Å². The molecule has 10 heteroatoms. The van der Waals surface area contributed by atoms with Gasteiger partial charge in [-0.3, -0.25) is 9.59 Å². The van der Waals surface area contributed by atoms with E-state index in [1.54, 1.807) is 36.2 Å². The molecule has 2 aromatic heterocycles. The van der Waals surface area contributed by atoms with Crippen LogP contribution in [0.25, 0.3) is 15.3 Å². The number of hydrogen-bond donors (Lipinski definition) is 2. The minimum atomic E-state index is -1.18. The number of nitrogens with zero attached hydrogens (tertiary/aromatic N) is 3. The lowest BCUT2D eigenvalue weighted by atomic mass is 9.72. The van der Waals surface area contributed by atoms with Crippen molar-refractivity contribution in [3.8, 4) is 10.9 Å². The van der Waals surface area contributed by atoms with E-state index in [9.17, 15) is 9.59 Å². The van der Waals surface area contributed by atoms with Crippen LogP contribution < -0.4 is 15.4 Å². The number of carbonyl (C=O) groups is 2. The van der Waals surface area contributed by atoms with Crippen LogP contribution in [0, 0.1) is 0 Å². The molecule has 4 heterocycles. The highest BCUT2D eigenvalue weighted by molar-refractivity contribution is 7.20. The molecule has 31 heavy (non-hydrogen) atoms. The molecular formula is C21H14ClN5O3S. The smallest absolute Gasteiger partial charge is 0.240 e. The number of hydrogen-bond acceptors (Lipinski definition) is 6. The number of rotatable bonds is 2. The molecule has 0 aliphatic carbocycles. The normalized spacial score (nSPS) is 19.3. The molecule has 2 N–H and O–H groups in total. The van der Waals surface area contributed by atoms with E-state index in [2.05, 4.69) is 20.7 Å². The average Bonchev–Trinajstić information content (AvgIpc) is 3.43. The lowest BCUT2D eigenvalue weighted by molar-refractivity contribution is -0.125. The van der Waals surface area contributed by atoms with Gasteiger partial charge in [0, 0.05) is 22.7 Å². The molecule has 6 rings (SSSR count). The lowest BCUT2D eigenvalue weighted by Gasteiger charge is -2.31. The van der Waals surface area contributed by atoms with E-state index in [1.165, 1.54) is 11.3 Å². The van der Waals surface area contributed by atoms with Gasteiger partial charge in [0.05, 0.1) is 23.5 Å². The summed E-state index contributed by atoms with van der Waals surface area (Å²) in [5.74, 6) is 0.619. The van der Waals surface area contributed by atoms with E-state index in [0.29, 0.717) is 32.8 Å². The van der Waals surface area contributed by atoms with Crippen molar-refractivity contribution in [2.75, 3.05) is 17.7 Å². The first-order valence-electron chi connectivity index (χ1n) is 9.44. The van der Waals surface area contributed by atoms with Crippen LogP contribution in [0.15, 0.2) is 42.6 Å². The number of halogens is 1. The van der Waals surface area contributed by atoms with Gasteiger partial charge in [0.25, 0.3) is 0 Å². The van der Waals surface area contributed by atoms with Gasteiger partial charge in [0.1, 0.15) is 17.0 Å². The largest absolute Gasteiger partial charge is 0.497 e. The molecule has 1 atom stereocenters. The Bertz CT molecular complexity index is 1430. The summed E-state index contributed by atoms with van der Waals surface area (Å²) in [7, 11) is 1.61. The fourth-order valence-electron chi connectivity index (χ4n) is 4.32. The van der Waals surface area contributed by atoms with Crippen LogP contribution in [0.3, 0.4) is 0 Å². The maximum atomic E-state index is 13.2. The third-order valence-electron chi connectivity index (χ3n) is 5.76. The molecule has 0 bridgehead atoms. The summed E-state index contributed by atoms with van der Waals surface area (Å²) < 4.78 is 7.78. The van der Waals surface area contributed by atoms with Gasteiger partial charge in [-0.25, -0.2) is 4.98 Å². The van der Waals surface area contributed by atoms with E-state index >= 15 is 0 Å². The van der Waals surface area contributed by atoms with E-state index in [4.69, 9.17) is 16.3 Å². The maximum Gasteiger partial charge on any atom is 0.240 e. The Kier molecular flexibility index (Phi) is 3.72. The van der Waals surface area contributed by atoms with Gasteiger partial charge in [0.15, 0.2) is 0 Å². The summed E-state index contributed by atoms with van der Waals surface area (Å²) in [6.07, 6.45) is 1.60. The van der Waals surface area contributed by atoms with Crippen molar-refractivity contribution in [3.05, 3.63) is 58.7 Å². The van der Waals surface area contributed by atoms with Gasteiger partial charge < -0.3 is 15.4 Å². The molecule has 2 aliphatic heterocycles. The quantitative estimate of drug-likeness (QED) is 0.484. The van der Waals surface area contributed by atoms with Crippen LogP contribution >= 0.6 is 22.9 Å². The zero-order valence-electron chi connectivity index (χ0n) is 16.1. The van der Waals surface area contributed by atoms with Crippen LogP contribution in [-0.4, -0.2) is 33.7 Å². The molecule has 0 unspecified atom stereocenters. The molecular weight excluding hydrogens is 438 g/mol. The predicted molar refractivity (Wildman–Crippen MR) is 117 cm³/mol. The van der Waals surface area contributed by atoms with E-state index < -0.39 is 5.41 Å². The van der Waals surface area contributed by atoms with Gasteiger partial charge in [-0.05, 0) is 42.0 Å². The number of carbonyl (C=O) groups excluding carboxylic acids is 2. The Morgan fingerprint density at radius 3 is 2.87 bits per heavy atom. The summed E-state index contributed by atoms with van der Waals surface area (Å²) in [4.78, 5) is 30.6. The van der Waals surface area contributed by atoms with Gasteiger partial charge in [-0.1, -0.05) is 22.9 Å². The number of aromatic nitrogens is 3. The van der Waals surface area contributed by atoms with Crippen LogP contribution in [0.2, 0.25) is 5.02 Å². The molecule has 2 aromatic carbocycles. The molecule has 154 valence electrons. The highest BCUT2D eigenvalue weighted by atomic mass is 35.5. The van der Waals surface area contributed by atoms with Gasteiger partial charge >= 0.3 is 0 Å². The van der Waals surface area contributed by atoms with Crippen molar-refractivity contribution in [2.45, 2.75) is 11.8 Å². The van der Waals surface area contributed by atoms with Gasteiger partial charge in [-0.2, -0.15) is 9.78 Å². The Labute approximate surface area is 184 Å². The fourth-order valence-corrected chi connectivity index (χ4v) is 5.45. The lowest BCUT2D eigenvalue weighted by Crippen LogP contribution is -2.43. The Morgan fingerprint density at radius 2 is 2.03 bits per heavy atom. The summed E-state index contributed by atoms with van der Waals surface area (Å²) >= 11 is 7.64.